The van der Waals surface area contributed by atoms with Gasteiger partial charge in [-0.3, -0.25) is 9.08 Å². The molecule has 4 aromatic heterocycles. The zero-order valence-corrected chi connectivity index (χ0v) is 16.1. The van der Waals surface area contributed by atoms with Crippen LogP contribution in [0.1, 0.15) is 38.4 Å². The summed E-state index contributed by atoms with van der Waals surface area (Å²) in [6.45, 7) is 6.11. The van der Waals surface area contributed by atoms with E-state index in [0.29, 0.717) is 5.95 Å². The number of pyridine rings is 1. The topological polar surface area (TPSA) is 95.0 Å². The van der Waals surface area contributed by atoms with Crippen LogP contribution in [0.3, 0.4) is 0 Å². The van der Waals surface area contributed by atoms with Gasteiger partial charge in [0.25, 0.3) is 0 Å². The lowest BCUT2D eigenvalue weighted by Crippen LogP contribution is -2.32. The van der Waals surface area contributed by atoms with E-state index in [0.717, 1.165) is 34.2 Å². The van der Waals surface area contributed by atoms with Crippen molar-refractivity contribution in [3.63, 3.8) is 0 Å². The second kappa shape index (κ2) is 5.83. The van der Waals surface area contributed by atoms with Gasteiger partial charge in [-0.1, -0.05) is 0 Å². The van der Waals surface area contributed by atoms with Gasteiger partial charge in [0, 0.05) is 24.9 Å². The van der Waals surface area contributed by atoms with Crippen molar-refractivity contribution in [2.75, 3.05) is 5.32 Å². The molecule has 0 saturated heterocycles. The van der Waals surface area contributed by atoms with Crippen molar-refractivity contribution in [2.45, 2.75) is 32.5 Å². The molecular formula is C19H20N8O. The van der Waals surface area contributed by atoms with E-state index in [1.807, 2.05) is 32.2 Å². The van der Waals surface area contributed by atoms with Crippen molar-refractivity contribution >= 4 is 17.4 Å². The number of anilines is 2. The van der Waals surface area contributed by atoms with Gasteiger partial charge in [-0.05, 0) is 39.0 Å². The quantitative estimate of drug-likeness (QED) is 0.587. The fraction of sp³-hybridized carbons (Fsp3) is 0.316. The third-order valence-corrected chi connectivity index (χ3v) is 4.99. The van der Waals surface area contributed by atoms with E-state index in [9.17, 15) is 0 Å². The van der Waals surface area contributed by atoms with Gasteiger partial charge in [0.15, 0.2) is 11.5 Å². The molecule has 0 fully saturated rings. The SMILES string of the molecule is C[C@H]1OC(C)(C)c2cc(-c3ccnc(Nc4ccnn4C)n3)cc3nnc1n23. The molecular weight excluding hydrogens is 356 g/mol. The number of aromatic nitrogens is 7. The van der Waals surface area contributed by atoms with Gasteiger partial charge in [0.05, 0.1) is 17.6 Å². The molecule has 9 heteroatoms. The second-order valence-corrected chi connectivity index (χ2v) is 7.38. The molecule has 4 aromatic rings. The van der Waals surface area contributed by atoms with E-state index >= 15 is 0 Å². The van der Waals surface area contributed by atoms with Crippen LogP contribution in [0.25, 0.3) is 16.9 Å². The van der Waals surface area contributed by atoms with Gasteiger partial charge < -0.3 is 10.1 Å². The summed E-state index contributed by atoms with van der Waals surface area (Å²) < 4.78 is 9.97. The van der Waals surface area contributed by atoms with Crippen LogP contribution >= 0.6 is 0 Å². The Hall–Kier alpha value is -3.33. The molecule has 9 nitrogen and oxygen atoms in total. The van der Waals surface area contributed by atoms with Crippen molar-refractivity contribution in [3.05, 3.63) is 48.2 Å². The van der Waals surface area contributed by atoms with Gasteiger partial charge >= 0.3 is 0 Å². The molecule has 0 aromatic carbocycles. The highest BCUT2D eigenvalue weighted by molar-refractivity contribution is 5.67. The molecule has 0 spiro atoms. The molecule has 1 aliphatic rings. The Morgan fingerprint density at radius 3 is 2.79 bits per heavy atom. The molecule has 0 bridgehead atoms. The average Bonchev–Trinajstić information content (AvgIpc) is 3.26. The molecule has 5 heterocycles. The summed E-state index contributed by atoms with van der Waals surface area (Å²) in [5.74, 6) is 2.13. The van der Waals surface area contributed by atoms with Gasteiger partial charge in [0.1, 0.15) is 17.5 Å². The number of rotatable bonds is 3. The minimum atomic E-state index is -0.466. The first-order chi connectivity index (χ1) is 13.4. The lowest BCUT2D eigenvalue weighted by Gasteiger charge is -2.34. The Labute approximate surface area is 161 Å². The number of nitrogens with zero attached hydrogens (tertiary/aromatic N) is 7. The largest absolute Gasteiger partial charge is 0.358 e. The Morgan fingerprint density at radius 1 is 1.14 bits per heavy atom. The molecule has 28 heavy (non-hydrogen) atoms. The first-order valence-electron chi connectivity index (χ1n) is 9.08. The van der Waals surface area contributed by atoms with Gasteiger partial charge in [-0.25, -0.2) is 9.97 Å². The third kappa shape index (κ3) is 2.55. The minimum absolute atomic E-state index is 0.114. The van der Waals surface area contributed by atoms with Crippen LogP contribution < -0.4 is 5.32 Å². The summed E-state index contributed by atoms with van der Waals surface area (Å²) in [6, 6.07) is 7.82. The van der Waals surface area contributed by atoms with Crippen molar-refractivity contribution in [1.29, 1.82) is 0 Å². The van der Waals surface area contributed by atoms with Crippen molar-refractivity contribution < 1.29 is 4.74 Å². The predicted octanol–water partition coefficient (Wildman–Crippen LogP) is 2.99. The molecule has 0 amide bonds. The summed E-state index contributed by atoms with van der Waals surface area (Å²) in [6.07, 6.45) is 3.34. The summed E-state index contributed by atoms with van der Waals surface area (Å²) in [5.41, 5.74) is 3.04. The molecule has 142 valence electrons. The van der Waals surface area contributed by atoms with Crippen LogP contribution in [-0.4, -0.2) is 34.3 Å². The Bertz CT molecular complexity index is 1190. The van der Waals surface area contributed by atoms with Gasteiger partial charge in [0.2, 0.25) is 5.95 Å². The van der Waals surface area contributed by atoms with Gasteiger partial charge in [-0.2, -0.15) is 5.10 Å². The Morgan fingerprint density at radius 2 is 2.00 bits per heavy atom. The maximum Gasteiger partial charge on any atom is 0.228 e. The number of hydrogen-bond acceptors (Lipinski definition) is 7. The zero-order valence-electron chi connectivity index (χ0n) is 16.1. The highest BCUT2D eigenvalue weighted by Crippen LogP contribution is 2.38. The standard InChI is InChI=1S/C19H20N8O/c1-11-17-25-24-16-10-12(9-14(27(16)17)19(2,3)28-11)13-5-7-20-18(22-13)23-15-6-8-21-26(15)4/h5-11H,1-4H3,(H,20,22,23)/t11-/m1/s1. The van der Waals surface area contributed by atoms with Crippen LogP contribution in [0.15, 0.2) is 36.7 Å². The summed E-state index contributed by atoms with van der Waals surface area (Å²) in [7, 11) is 1.86. The second-order valence-electron chi connectivity index (χ2n) is 7.38. The number of aryl methyl sites for hydroxylation is 1. The summed E-state index contributed by atoms with van der Waals surface area (Å²) >= 11 is 0. The third-order valence-electron chi connectivity index (χ3n) is 4.99. The zero-order chi connectivity index (χ0) is 19.5. The number of hydrogen-bond donors (Lipinski definition) is 1. The van der Waals surface area contributed by atoms with Crippen LogP contribution in [0.5, 0.6) is 0 Å². The molecule has 0 saturated carbocycles. The smallest absolute Gasteiger partial charge is 0.228 e. The van der Waals surface area contributed by atoms with Crippen molar-refractivity contribution in [2.24, 2.45) is 7.05 Å². The maximum atomic E-state index is 6.17. The molecule has 0 unspecified atom stereocenters. The lowest BCUT2D eigenvalue weighted by molar-refractivity contribution is -0.0887. The van der Waals surface area contributed by atoms with E-state index < -0.39 is 5.60 Å². The molecule has 1 atom stereocenters. The highest BCUT2D eigenvalue weighted by Gasteiger charge is 2.35. The first-order valence-corrected chi connectivity index (χ1v) is 9.08. The maximum absolute atomic E-state index is 6.17. The van der Waals surface area contributed by atoms with Crippen LogP contribution in [0.4, 0.5) is 11.8 Å². The average molecular weight is 376 g/mol. The van der Waals surface area contributed by atoms with E-state index in [1.165, 1.54) is 0 Å². The number of nitrogens with one attached hydrogen (secondary N) is 1. The summed E-state index contributed by atoms with van der Waals surface area (Å²) in [5, 5.41) is 16.0. The van der Waals surface area contributed by atoms with Crippen molar-refractivity contribution in [1.82, 2.24) is 34.3 Å². The Balaban J connectivity index is 1.61. The summed E-state index contributed by atoms with van der Waals surface area (Å²) in [4.78, 5) is 8.99. The minimum Gasteiger partial charge on any atom is -0.358 e. The van der Waals surface area contributed by atoms with Crippen LogP contribution in [0.2, 0.25) is 0 Å². The lowest BCUT2D eigenvalue weighted by atomic mass is 9.98. The molecule has 0 radical (unpaired) electrons. The van der Waals surface area contributed by atoms with E-state index in [2.05, 4.69) is 54.9 Å². The number of ether oxygens (including phenoxy) is 1. The molecule has 1 N–H and O–H groups in total. The molecule has 5 rings (SSSR count). The van der Waals surface area contributed by atoms with Crippen LogP contribution in [-0.2, 0) is 17.4 Å². The molecule has 0 aliphatic carbocycles. The van der Waals surface area contributed by atoms with E-state index in [-0.39, 0.29) is 6.10 Å². The Kier molecular flexibility index (Phi) is 3.50. The fourth-order valence-electron chi connectivity index (χ4n) is 3.64. The van der Waals surface area contributed by atoms with Crippen molar-refractivity contribution in [3.8, 4) is 11.3 Å². The van der Waals surface area contributed by atoms with E-state index in [4.69, 9.17) is 4.74 Å². The highest BCUT2D eigenvalue weighted by atomic mass is 16.5. The first kappa shape index (κ1) is 16.8. The monoisotopic (exact) mass is 376 g/mol. The van der Waals surface area contributed by atoms with Crippen LogP contribution in [0, 0.1) is 0 Å². The molecule has 1 aliphatic heterocycles. The predicted molar refractivity (Wildman–Crippen MR) is 103 cm³/mol. The van der Waals surface area contributed by atoms with E-state index in [1.54, 1.807) is 17.1 Å². The fourth-order valence-corrected chi connectivity index (χ4v) is 3.64. The van der Waals surface area contributed by atoms with Gasteiger partial charge in [-0.15, -0.1) is 10.2 Å². The normalized spacial score (nSPS) is 17.8.